The van der Waals surface area contributed by atoms with Crippen LogP contribution in [0.2, 0.25) is 0 Å². The summed E-state index contributed by atoms with van der Waals surface area (Å²) < 4.78 is 12.7. The Balaban J connectivity index is 1.41. The third-order valence-electron chi connectivity index (χ3n) is 10.0. The number of hydrogen-bond acceptors (Lipinski definition) is 5. The minimum absolute atomic E-state index is 0.0839. The number of ketones is 1. The van der Waals surface area contributed by atoms with Crippen molar-refractivity contribution in [3.63, 3.8) is 0 Å². The molecule has 2 saturated carbocycles. The molecule has 2 N–H and O–H groups in total. The fourth-order valence-electron chi connectivity index (χ4n) is 8.70. The van der Waals surface area contributed by atoms with E-state index in [1.54, 1.807) is 0 Å². The van der Waals surface area contributed by atoms with E-state index in [-0.39, 0.29) is 36.1 Å². The zero-order chi connectivity index (χ0) is 24.3. The summed E-state index contributed by atoms with van der Waals surface area (Å²) in [6, 6.07) is 7.77. The van der Waals surface area contributed by atoms with Gasteiger partial charge in [-0.2, -0.15) is 0 Å². The van der Waals surface area contributed by atoms with Gasteiger partial charge in [-0.15, -0.1) is 6.58 Å². The first-order valence-corrected chi connectivity index (χ1v) is 13.1. The highest BCUT2D eigenvalue weighted by Gasteiger charge is 2.81. The number of hydrogen-bond donors (Lipinski definition) is 2. The van der Waals surface area contributed by atoms with Crippen LogP contribution >= 0.6 is 0 Å². The molecule has 4 fully saturated rings. The number of nitrogens with one attached hydrogen (secondary N) is 1. The molecule has 0 spiro atoms. The number of allylic oxidation sites excluding steroid dienone is 3. The second-order valence-electron chi connectivity index (χ2n) is 12.1. The lowest BCUT2D eigenvalue weighted by atomic mass is 9.64. The van der Waals surface area contributed by atoms with Gasteiger partial charge in [-0.05, 0) is 54.2 Å². The van der Waals surface area contributed by atoms with Gasteiger partial charge in [0.05, 0.1) is 0 Å². The molecule has 1 aromatic rings. The molecule has 6 heteroatoms. The van der Waals surface area contributed by atoms with Crippen LogP contribution in [0.1, 0.15) is 32.3 Å². The molecule has 2 saturated heterocycles. The third-order valence-corrected chi connectivity index (χ3v) is 10.0. The standard InChI is InChI=1S/C29H33NO5/c1-4-17-7-10-19-20-12-14(2)11-15(3)21(20)24-23(19)22(17)25(31)29-26(35-29)28(33,30-27(29)32)13-16-5-8-18(34-24)9-6-16/h4-10,14-15,17,19-24,26,33H,1,11-13H2,2-3H3,(H,30,32)/t14-,15+,17-,19+,20+,21-,22+,23+,24-,26+,28-,29+/m1/s1. The molecule has 6 nitrogen and oxygen atoms in total. The van der Waals surface area contributed by atoms with E-state index in [0.29, 0.717) is 23.7 Å². The van der Waals surface area contributed by atoms with Crippen molar-refractivity contribution in [1.82, 2.24) is 5.32 Å². The van der Waals surface area contributed by atoms with Crippen molar-refractivity contribution < 1.29 is 24.2 Å². The third kappa shape index (κ3) is 2.78. The summed E-state index contributed by atoms with van der Waals surface area (Å²) in [5.74, 6) is 1.31. The first-order chi connectivity index (χ1) is 16.8. The molecule has 1 amide bonds. The average Bonchev–Trinajstić information content (AvgIpc) is 3.48. The summed E-state index contributed by atoms with van der Waals surface area (Å²) in [5, 5.41) is 14.1. The summed E-state index contributed by atoms with van der Waals surface area (Å²) >= 11 is 0. The number of ether oxygens (including phenoxy) is 2. The van der Waals surface area contributed by atoms with E-state index in [1.165, 1.54) is 0 Å². The fraction of sp³-hybridized carbons (Fsp3) is 0.586. The molecule has 0 aromatic heterocycles. The number of morpholine rings is 1. The number of rotatable bonds is 1. The molecular weight excluding hydrogens is 442 g/mol. The molecule has 1 aromatic carbocycles. The van der Waals surface area contributed by atoms with Gasteiger partial charge >= 0.3 is 0 Å². The minimum Gasteiger partial charge on any atom is -0.490 e. The Morgan fingerprint density at radius 2 is 1.89 bits per heavy atom. The molecule has 7 aliphatic rings. The van der Waals surface area contributed by atoms with Crippen LogP contribution < -0.4 is 10.1 Å². The molecule has 4 aliphatic heterocycles. The highest BCUT2D eigenvalue weighted by atomic mass is 16.6. The van der Waals surface area contributed by atoms with Gasteiger partial charge < -0.3 is 19.9 Å². The highest BCUT2D eigenvalue weighted by Crippen LogP contribution is 2.61. The van der Waals surface area contributed by atoms with Gasteiger partial charge in [0.25, 0.3) is 5.91 Å². The normalized spacial score (nSPS) is 51.1. The van der Waals surface area contributed by atoms with Gasteiger partial charge in [-0.3, -0.25) is 9.59 Å². The fourth-order valence-corrected chi connectivity index (χ4v) is 8.70. The second-order valence-corrected chi connectivity index (χ2v) is 12.1. The second kappa shape index (κ2) is 7.07. The first kappa shape index (κ1) is 21.8. The lowest BCUT2D eigenvalue weighted by Gasteiger charge is -2.39. The van der Waals surface area contributed by atoms with E-state index < -0.39 is 29.3 Å². The summed E-state index contributed by atoms with van der Waals surface area (Å²) in [6.45, 7) is 8.70. The highest BCUT2D eigenvalue weighted by molar-refractivity contribution is 6.16. The van der Waals surface area contributed by atoms with Gasteiger partial charge in [0.1, 0.15) is 11.9 Å². The molecular formula is C29H33NO5. The van der Waals surface area contributed by atoms with Gasteiger partial charge in [-0.1, -0.05) is 44.2 Å². The number of fused-ring (bicyclic) bond motifs is 4. The monoisotopic (exact) mass is 475 g/mol. The zero-order valence-electron chi connectivity index (χ0n) is 20.2. The lowest BCUT2D eigenvalue weighted by Crippen LogP contribution is -2.51. The number of epoxide rings is 1. The molecule has 4 heterocycles. The van der Waals surface area contributed by atoms with Crippen LogP contribution in [0, 0.1) is 47.3 Å². The summed E-state index contributed by atoms with van der Waals surface area (Å²) in [7, 11) is 0. The molecule has 4 bridgehead atoms. The predicted octanol–water partition coefficient (Wildman–Crippen LogP) is 3.05. The van der Waals surface area contributed by atoms with Crippen LogP contribution in [0.25, 0.3) is 0 Å². The van der Waals surface area contributed by atoms with Crippen molar-refractivity contribution in [2.75, 3.05) is 0 Å². The van der Waals surface area contributed by atoms with E-state index in [2.05, 4.69) is 37.9 Å². The minimum atomic E-state index is -1.62. The number of benzene rings is 1. The average molecular weight is 476 g/mol. The number of Topliss-reactive ketones (excluding diaryl/α,β-unsaturated/α-hetero) is 1. The van der Waals surface area contributed by atoms with Crippen LogP contribution in [0.5, 0.6) is 5.75 Å². The van der Waals surface area contributed by atoms with Crippen LogP contribution in [0.3, 0.4) is 0 Å². The van der Waals surface area contributed by atoms with E-state index in [4.69, 9.17) is 9.47 Å². The maximum Gasteiger partial charge on any atom is 0.265 e. The maximum absolute atomic E-state index is 14.4. The van der Waals surface area contributed by atoms with Gasteiger partial charge in [0, 0.05) is 30.1 Å². The largest absolute Gasteiger partial charge is 0.490 e. The Hall–Kier alpha value is -2.44. The Labute approximate surface area is 205 Å². The molecule has 35 heavy (non-hydrogen) atoms. The van der Waals surface area contributed by atoms with Crippen molar-refractivity contribution >= 4 is 11.7 Å². The van der Waals surface area contributed by atoms with Gasteiger partial charge in [0.15, 0.2) is 17.6 Å². The van der Waals surface area contributed by atoms with Crippen molar-refractivity contribution in [2.45, 2.75) is 56.6 Å². The topological polar surface area (TPSA) is 88.2 Å². The van der Waals surface area contributed by atoms with Crippen molar-refractivity contribution in [2.24, 2.45) is 47.3 Å². The van der Waals surface area contributed by atoms with Crippen LogP contribution in [-0.4, -0.2) is 40.3 Å². The van der Waals surface area contributed by atoms with Gasteiger partial charge in [0.2, 0.25) is 5.60 Å². The van der Waals surface area contributed by atoms with Crippen molar-refractivity contribution in [1.29, 1.82) is 0 Å². The molecule has 0 radical (unpaired) electrons. The van der Waals surface area contributed by atoms with E-state index in [9.17, 15) is 14.7 Å². The molecule has 0 unspecified atom stereocenters. The number of aliphatic hydroxyl groups is 1. The molecule has 12 atom stereocenters. The van der Waals surface area contributed by atoms with Gasteiger partial charge in [-0.25, -0.2) is 0 Å². The summed E-state index contributed by atoms with van der Waals surface area (Å²) in [5.41, 5.74) is -2.38. The number of carbonyl (C=O) groups is 2. The Morgan fingerprint density at radius 3 is 2.60 bits per heavy atom. The zero-order valence-corrected chi connectivity index (χ0v) is 20.2. The van der Waals surface area contributed by atoms with Crippen LogP contribution in [0.15, 0.2) is 49.1 Å². The molecule has 8 rings (SSSR count). The van der Waals surface area contributed by atoms with Crippen molar-refractivity contribution in [3.8, 4) is 5.75 Å². The predicted molar refractivity (Wildman–Crippen MR) is 128 cm³/mol. The maximum atomic E-state index is 14.4. The molecule has 184 valence electrons. The quantitative estimate of drug-likeness (QED) is 0.370. The SMILES string of the molecule is C=C[C@@H]1C=C[C@H]2[C@@H]3C[C@H](C)C[C@H](C)[C@H]3[C@H]3Oc4ccc(cc4)C[C@]4(O)NC(=O)[C@]5(O[C@H]54)C(=O)[C@@H]1[C@H]23. The van der Waals surface area contributed by atoms with E-state index in [1.807, 2.05) is 30.3 Å². The molecule has 3 aliphatic carbocycles. The Bertz CT molecular complexity index is 1140. The summed E-state index contributed by atoms with van der Waals surface area (Å²) in [4.78, 5) is 27.7. The van der Waals surface area contributed by atoms with E-state index in [0.717, 1.165) is 24.2 Å². The first-order valence-electron chi connectivity index (χ1n) is 13.1. The van der Waals surface area contributed by atoms with E-state index >= 15 is 0 Å². The lowest BCUT2D eigenvalue weighted by molar-refractivity contribution is -0.143. The number of amides is 1. The van der Waals surface area contributed by atoms with Crippen LogP contribution in [-0.2, 0) is 20.7 Å². The number of carbonyl (C=O) groups excluding carboxylic acids is 2. The smallest absolute Gasteiger partial charge is 0.265 e. The van der Waals surface area contributed by atoms with Crippen LogP contribution in [0.4, 0.5) is 0 Å². The summed E-state index contributed by atoms with van der Waals surface area (Å²) in [6.07, 6.45) is 7.63. The van der Waals surface area contributed by atoms with Crippen molar-refractivity contribution in [3.05, 3.63) is 54.6 Å². The Morgan fingerprint density at radius 1 is 1.11 bits per heavy atom. The Kier molecular flexibility index (Phi) is 4.41.